The average molecular weight is 447 g/mol. The second-order valence-corrected chi connectivity index (χ2v) is 9.82. The van der Waals surface area contributed by atoms with E-state index >= 15 is 0 Å². The number of nitrogens with zero attached hydrogens (tertiary/aromatic N) is 5. The first-order chi connectivity index (χ1) is 16.1. The van der Waals surface area contributed by atoms with Gasteiger partial charge in [-0.1, -0.05) is 6.42 Å². The summed E-state index contributed by atoms with van der Waals surface area (Å²) in [5, 5.41) is 3.38. The summed E-state index contributed by atoms with van der Waals surface area (Å²) in [6, 6.07) is 4.37. The van der Waals surface area contributed by atoms with Gasteiger partial charge in [-0.3, -0.25) is 24.6 Å². The van der Waals surface area contributed by atoms with Gasteiger partial charge in [0.15, 0.2) is 5.65 Å². The number of carbonyl (C=O) groups is 1. The van der Waals surface area contributed by atoms with Gasteiger partial charge in [-0.2, -0.15) is 0 Å². The van der Waals surface area contributed by atoms with Crippen LogP contribution in [0.2, 0.25) is 0 Å². The number of amides is 1. The molecule has 1 atom stereocenters. The summed E-state index contributed by atoms with van der Waals surface area (Å²) < 4.78 is 1.59. The van der Waals surface area contributed by atoms with E-state index in [4.69, 9.17) is 4.98 Å². The smallest absolute Gasteiger partial charge is 0.277 e. The van der Waals surface area contributed by atoms with Crippen LogP contribution in [0.5, 0.6) is 0 Å². The van der Waals surface area contributed by atoms with Gasteiger partial charge in [-0.25, -0.2) is 9.50 Å². The summed E-state index contributed by atoms with van der Waals surface area (Å²) in [4.78, 5) is 39.3. The number of aromatic nitrogens is 4. The average Bonchev–Trinajstić information content (AvgIpc) is 3.60. The van der Waals surface area contributed by atoms with Crippen molar-refractivity contribution < 1.29 is 4.79 Å². The first-order valence-corrected chi connectivity index (χ1v) is 12.1. The van der Waals surface area contributed by atoms with Gasteiger partial charge in [0.1, 0.15) is 0 Å². The zero-order chi connectivity index (χ0) is 22.5. The molecule has 3 aromatic rings. The molecular formula is C25H30N6O2. The number of hydrogen-bond donors (Lipinski definition) is 1. The van der Waals surface area contributed by atoms with Gasteiger partial charge >= 0.3 is 0 Å². The number of pyridine rings is 1. The molecule has 172 valence electrons. The van der Waals surface area contributed by atoms with Gasteiger partial charge in [0.05, 0.1) is 29.5 Å². The highest BCUT2D eigenvalue weighted by Crippen LogP contribution is 2.33. The van der Waals surface area contributed by atoms with Gasteiger partial charge in [-0.15, -0.1) is 0 Å². The van der Waals surface area contributed by atoms with Crippen LogP contribution in [0.15, 0.2) is 29.3 Å². The van der Waals surface area contributed by atoms with Gasteiger partial charge in [0.25, 0.3) is 5.56 Å². The highest BCUT2D eigenvalue weighted by atomic mass is 16.2. The van der Waals surface area contributed by atoms with Crippen molar-refractivity contribution in [1.82, 2.24) is 29.4 Å². The molecule has 33 heavy (non-hydrogen) atoms. The topological polar surface area (TPSA) is 86.6 Å². The Morgan fingerprint density at radius 3 is 2.91 bits per heavy atom. The van der Waals surface area contributed by atoms with Crippen LogP contribution in [0.4, 0.5) is 0 Å². The van der Waals surface area contributed by atoms with E-state index in [9.17, 15) is 9.59 Å². The quantitative estimate of drug-likeness (QED) is 0.666. The standard InChI is InChI=1S/C25H30N6O2/c1-16-13-26-9-7-18(16)14-29-10-3-2-4-22(29)21-12-23-27-20-8-11-30(24(32)17-5-6-17)15-19(20)25(33)31(23)28-21/h7,9,12-13,17,22,28H,2-6,8,10-11,14-15H2,1H3/t22-/m0/s1. The molecule has 1 N–H and O–H groups in total. The Morgan fingerprint density at radius 1 is 1.21 bits per heavy atom. The SMILES string of the molecule is Cc1cnccc1CN1CCCC[C@H]1c1cc2nc3c(c(=O)n2[nH]1)CN(C(=O)C1CC1)CC3. The number of likely N-dealkylation sites (tertiary alicyclic amines) is 1. The Balaban J connectivity index is 1.31. The Bertz CT molecular complexity index is 1270. The van der Waals surface area contributed by atoms with Crippen molar-refractivity contribution in [2.24, 2.45) is 5.92 Å². The molecule has 1 aliphatic carbocycles. The molecule has 0 bridgehead atoms. The predicted octanol–water partition coefficient (Wildman–Crippen LogP) is 2.75. The number of rotatable bonds is 4. The molecule has 0 radical (unpaired) electrons. The third kappa shape index (κ3) is 3.76. The van der Waals surface area contributed by atoms with E-state index in [0.29, 0.717) is 30.7 Å². The molecule has 0 aromatic carbocycles. The summed E-state index contributed by atoms with van der Waals surface area (Å²) in [6.45, 7) is 5.04. The molecule has 8 heteroatoms. The molecule has 6 rings (SSSR count). The van der Waals surface area contributed by atoms with Crippen LogP contribution in [-0.2, 0) is 24.3 Å². The second kappa shape index (κ2) is 8.09. The number of nitrogens with one attached hydrogen (secondary N) is 1. The summed E-state index contributed by atoms with van der Waals surface area (Å²) in [5.74, 6) is 0.367. The van der Waals surface area contributed by atoms with E-state index in [2.05, 4.69) is 28.0 Å². The van der Waals surface area contributed by atoms with E-state index in [1.807, 2.05) is 23.4 Å². The summed E-state index contributed by atoms with van der Waals surface area (Å²) in [6.07, 6.45) is 9.79. The van der Waals surface area contributed by atoms with Crippen molar-refractivity contribution in [3.63, 3.8) is 0 Å². The molecule has 2 aliphatic heterocycles. The fourth-order valence-electron chi connectivity index (χ4n) is 5.38. The maximum absolute atomic E-state index is 13.4. The Labute approximate surface area is 192 Å². The molecule has 5 heterocycles. The summed E-state index contributed by atoms with van der Waals surface area (Å²) in [7, 11) is 0. The fourth-order valence-corrected chi connectivity index (χ4v) is 5.38. The van der Waals surface area contributed by atoms with Gasteiger partial charge < -0.3 is 4.90 Å². The number of aryl methyl sites for hydroxylation is 1. The van der Waals surface area contributed by atoms with E-state index < -0.39 is 0 Å². The lowest BCUT2D eigenvalue weighted by atomic mass is 9.98. The molecule has 3 aromatic heterocycles. The highest BCUT2D eigenvalue weighted by molar-refractivity contribution is 5.81. The predicted molar refractivity (Wildman–Crippen MR) is 124 cm³/mol. The Hall–Kier alpha value is -3.00. The first-order valence-electron chi connectivity index (χ1n) is 12.1. The second-order valence-electron chi connectivity index (χ2n) is 9.82. The Morgan fingerprint density at radius 2 is 2.09 bits per heavy atom. The molecule has 1 saturated heterocycles. The molecule has 8 nitrogen and oxygen atoms in total. The minimum atomic E-state index is -0.0677. The van der Waals surface area contributed by atoms with E-state index in [0.717, 1.165) is 43.7 Å². The number of hydrogen-bond acceptors (Lipinski definition) is 5. The van der Waals surface area contributed by atoms with Gasteiger partial charge in [0.2, 0.25) is 5.91 Å². The first kappa shape index (κ1) is 20.6. The minimum absolute atomic E-state index is 0.0677. The van der Waals surface area contributed by atoms with Crippen LogP contribution in [0, 0.1) is 12.8 Å². The van der Waals surface area contributed by atoms with Crippen LogP contribution < -0.4 is 5.56 Å². The van der Waals surface area contributed by atoms with Gasteiger partial charge in [-0.05, 0) is 56.3 Å². The lowest BCUT2D eigenvalue weighted by Gasteiger charge is -2.35. The van der Waals surface area contributed by atoms with Crippen molar-refractivity contribution in [2.75, 3.05) is 13.1 Å². The molecule has 1 saturated carbocycles. The third-order valence-corrected chi connectivity index (χ3v) is 7.50. The molecule has 0 spiro atoms. The highest BCUT2D eigenvalue weighted by Gasteiger charge is 2.36. The number of piperidine rings is 1. The van der Waals surface area contributed by atoms with Crippen molar-refractivity contribution in [3.8, 4) is 0 Å². The monoisotopic (exact) mass is 446 g/mol. The maximum Gasteiger partial charge on any atom is 0.277 e. The van der Waals surface area contributed by atoms with E-state index in [1.165, 1.54) is 24.0 Å². The van der Waals surface area contributed by atoms with Crippen LogP contribution in [0.3, 0.4) is 0 Å². The van der Waals surface area contributed by atoms with Crippen molar-refractivity contribution in [1.29, 1.82) is 0 Å². The molecule has 3 aliphatic rings. The zero-order valence-corrected chi connectivity index (χ0v) is 19.1. The third-order valence-electron chi connectivity index (χ3n) is 7.50. The molecular weight excluding hydrogens is 416 g/mol. The van der Waals surface area contributed by atoms with Crippen LogP contribution in [-0.4, -0.2) is 48.4 Å². The van der Waals surface area contributed by atoms with Crippen molar-refractivity contribution in [3.05, 3.63) is 63.0 Å². The lowest BCUT2D eigenvalue weighted by molar-refractivity contribution is -0.133. The number of aromatic amines is 1. The van der Waals surface area contributed by atoms with E-state index in [1.54, 1.807) is 4.52 Å². The zero-order valence-electron chi connectivity index (χ0n) is 19.1. The molecule has 2 fully saturated rings. The largest absolute Gasteiger partial charge is 0.337 e. The van der Waals surface area contributed by atoms with Crippen molar-refractivity contribution in [2.45, 2.75) is 64.6 Å². The van der Waals surface area contributed by atoms with Crippen LogP contribution in [0.25, 0.3) is 5.65 Å². The fraction of sp³-hybridized carbons (Fsp3) is 0.520. The number of fused-ring (bicyclic) bond motifs is 2. The normalized spacial score (nSPS) is 21.4. The minimum Gasteiger partial charge on any atom is -0.337 e. The molecule has 1 amide bonds. The van der Waals surface area contributed by atoms with Gasteiger partial charge in [0, 0.05) is 43.9 Å². The lowest BCUT2D eigenvalue weighted by Crippen LogP contribution is -2.41. The van der Waals surface area contributed by atoms with Crippen LogP contribution >= 0.6 is 0 Å². The maximum atomic E-state index is 13.4. The number of H-pyrrole nitrogens is 1. The van der Waals surface area contributed by atoms with E-state index in [-0.39, 0.29) is 23.4 Å². The van der Waals surface area contributed by atoms with Crippen LogP contribution in [0.1, 0.15) is 66.2 Å². The summed E-state index contributed by atoms with van der Waals surface area (Å²) >= 11 is 0. The van der Waals surface area contributed by atoms with Crippen molar-refractivity contribution >= 4 is 11.6 Å². The number of carbonyl (C=O) groups excluding carboxylic acids is 1. The summed E-state index contributed by atoms with van der Waals surface area (Å²) in [5.41, 5.74) is 5.66. The Kier molecular flexibility index (Phi) is 5.05. The molecule has 0 unspecified atom stereocenters.